The third-order valence-corrected chi connectivity index (χ3v) is 3.50. The van der Waals surface area contributed by atoms with Crippen molar-refractivity contribution < 1.29 is 0 Å². The van der Waals surface area contributed by atoms with E-state index in [1.54, 1.807) is 0 Å². The van der Waals surface area contributed by atoms with Gasteiger partial charge in [-0.2, -0.15) is 0 Å². The lowest BCUT2D eigenvalue weighted by Gasteiger charge is -2.30. The van der Waals surface area contributed by atoms with E-state index < -0.39 is 0 Å². The van der Waals surface area contributed by atoms with Gasteiger partial charge in [0.15, 0.2) is 0 Å². The van der Waals surface area contributed by atoms with Crippen LogP contribution in [0.1, 0.15) is 29.2 Å². The first-order valence-electron chi connectivity index (χ1n) is 6.11. The smallest absolute Gasteiger partial charge is 0.142 e. The Balaban J connectivity index is 1.85. The molecular formula is C12H18N4. The minimum absolute atomic E-state index is 0.908. The van der Waals surface area contributed by atoms with E-state index in [0.29, 0.717) is 0 Å². The van der Waals surface area contributed by atoms with Crippen LogP contribution in [0.4, 0.5) is 0 Å². The zero-order valence-corrected chi connectivity index (χ0v) is 9.79. The number of aryl methyl sites for hydroxylation is 1. The van der Waals surface area contributed by atoms with Crippen molar-refractivity contribution in [2.75, 3.05) is 19.6 Å². The second-order valence-electron chi connectivity index (χ2n) is 4.71. The predicted molar refractivity (Wildman–Crippen MR) is 62.1 cm³/mol. The van der Waals surface area contributed by atoms with Crippen molar-refractivity contribution in [1.29, 1.82) is 0 Å². The number of hydrogen-bond donors (Lipinski definition) is 1. The van der Waals surface area contributed by atoms with Crippen molar-refractivity contribution in [3.05, 3.63) is 22.8 Å². The maximum Gasteiger partial charge on any atom is 0.142 e. The lowest BCUT2D eigenvalue weighted by molar-refractivity contribution is 0.167. The van der Waals surface area contributed by atoms with E-state index in [1.807, 2.05) is 0 Å². The van der Waals surface area contributed by atoms with Crippen LogP contribution in [-0.4, -0.2) is 34.5 Å². The summed E-state index contributed by atoms with van der Waals surface area (Å²) in [7, 11) is 0. The Morgan fingerprint density at radius 1 is 1.31 bits per heavy atom. The molecule has 3 rings (SSSR count). The molecule has 0 bridgehead atoms. The lowest BCUT2D eigenvalue weighted by atomic mass is 10.0. The fraction of sp³-hybridized carbons (Fsp3) is 0.667. The molecule has 1 saturated heterocycles. The van der Waals surface area contributed by atoms with Gasteiger partial charge in [0.05, 0.1) is 12.2 Å². The summed E-state index contributed by atoms with van der Waals surface area (Å²) < 4.78 is 0. The van der Waals surface area contributed by atoms with Gasteiger partial charge in [-0.25, -0.2) is 9.97 Å². The highest BCUT2D eigenvalue weighted by Crippen LogP contribution is 2.17. The minimum Gasteiger partial charge on any atom is -0.311 e. The molecule has 0 aliphatic carbocycles. The highest BCUT2D eigenvalue weighted by Gasteiger charge is 2.18. The van der Waals surface area contributed by atoms with Crippen molar-refractivity contribution in [2.24, 2.45) is 0 Å². The van der Waals surface area contributed by atoms with Gasteiger partial charge in [-0.05, 0) is 45.0 Å². The van der Waals surface area contributed by atoms with E-state index in [-0.39, 0.29) is 0 Å². The quantitative estimate of drug-likeness (QED) is 0.791. The number of nitrogens with one attached hydrogen (secondary N) is 1. The Labute approximate surface area is 96.1 Å². The zero-order valence-electron chi connectivity index (χ0n) is 9.79. The summed E-state index contributed by atoms with van der Waals surface area (Å²) >= 11 is 0. The van der Waals surface area contributed by atoms with Gasteiger partial charge in [0.1, 0.15) is 5.82 Å². The average Bonchev–Trinajstić information content (AvgIpc) is 2.24. The van der Waals surface area contributed by atoms with Crippen LogP contribution in [0.15, 0.2) is 0 Å². The third-order valence-electron chi connectivity index (χ3n) is 3.50. The van der Waals surface area contributed by atoms with Gasteiger partial charge in [-0.15, -0.1) is 0 Å². The van der Waals surface area contributed by atoms with Crippen LogP contribution in [0, 0.1) is 6.92 Å². The predicted octanol–water partition coefficient (Wildman–Crippen LogP) is 0.636. The van der Waals surface area contributed by atoms with E-state index in [1.165, 1.54) is 36.5 Å². The van der Waals surface area contributed by atoms with Crippen LogP contribution in [0.5, 0.6) is 0 Å². The van der Waals surface area contributed by atoms with Gasteiger partial charge in [-0.3, -0.25) is 4.90 Å². The van der Waals surface area contributed by atoms with Crippen LogP contribution >= 0.6 is 0 Å². The largest absolute Gasteiger partial charge is 0.311 e. The van der Waals surface area contributed by atoms with Crippen LogP contribution in [0.25, 0.3) is 0 Å². The summed E-state index contributed by atoms with van der Waals surface area (Å²) in [5.74, 6) is 1.000. The molecule has 4 nitrogen and oxygen atoms in total. The fourth-order valence-electron chi connectivity index (χ4n) is 2.42. The Morgan fingerprint density at radius 3 is 2.94 bits per heavy atom. The molecule has 0 amide bonds. The molecule has 1 N–H and O–H groups in total. The number of hydrogen-bond acceptors (Lipinski definition) is 4. The van der Waals surface area contributed by atoms with Gasteiger partial charge in [0.25, 0.3) is 0 Å². The van der Waals surface area contributed by atoms with Crippen molar-refractivity contribution in [3.8, 4) is 0 Å². The zero-order chi connectivity index (χ0) is 11.0. The number of fused-ring (bicyclic) bond motifs is 1. The number of likely N-dealkylation sites (tertiary alicyclic amines) is 1. The first-order chi connectivity index (χ1) is 7.83. The van der Waals surface area contributed by atoms with Crippen molar-refractivity contribution in [1.82, 2.24) is 20.2 Å². The van der Waals surface area contributed by atoms with Gasteiger partial charge in [0, 0.05) is 12.2 Å². The van der Waals surface area contributed by atoms with Crippen LogP contribution < -0.4 is 5.32 Å². The molecule has 1 fully saturated rings. The summed E-state index contributed by atoms with van der Waals surface area (Å²) in [4.78, 5) is 11.7. The minimum atomic E-state index is 0.908. The standard InChI is InChI=1S/C12H18N4/c1-9-10-3-4-13-7-11(10)15-12(14-9)8-16-5-2-6-16/h13H,2-8H2,1H3. The summed E-state index contributed by atoms with van der Waals surface area (Å²) in [6, 6.07) is 0. The summed E-state index contributed by atoms with van der Waals surface area (Å²) in [5.41, 5.74) is 3.77. The SMILES string of the molecule is Cc1nc(CN2CCC2)nc2c1CCNC2. The molecule has 4 heteroatoms. The molecular weight excluding hydrogens is 200 g/mol. The monoisotopic (exact) mass is 218 g/mol. The third kappa shape index (κ3) is 1.83. The second-order valence-corrected chi connectivity index (χ2v) is 4.71. The van der Waals surface area contributed by atoms with E-state index in [2.05, 4.69) is 27.1 Å². The van der Waals surface area contributed by atoms with Crippen molar-refractivity contribution in [2.45, 2.75) is 32.9 Å². The van der Waals surface area contributed by atoms with Gasteiger partial charge < -0.3 is 5.32 Å². The van der Waals surface area contributed by atoms with E-state index >= 15 is 0 Å². The van der Waals surface area contributed by atoms with E-state index in [9.17, 15) is 0 Å². The number of rotatable bonds is 2. The van der Waals surface area contributed by atoms with Crippen molar-refractivity contribution in [3.63, 3.8) is 0 Å². The molecule has 0 unspecified atom stereocenters. The Kier molecular flexibility index (Phi) is 2.61. The highest BCUT2D eigenvalue weighted by molar-refractivity contribution is 5.27. The van der Waals surface area contributed by atoms with E-state index in [0.717, 1.165) is 31.9 Å². The van der Waals surface area contributed by atoms with Gasteiger partial charge in [-0.1, -0.05) is 0 Å². The molecule has 86 valence electrons. The normalized spacial score (nSPS) is 20.3. The van der Waals surface area contributed by atoms with Crippen LogP contribution in [-0.2, 0) is 19.5 Å². The second kappa shape index (κ2) is 4.11. The summed E-state index contributed by atoms with van der Waals surface area (Å²) in [5, 5.41) is 3.37. The molecule has 0 atom stereocenters. The Morgan fingerprint density at radius 2 is 2.19 bits per heavy atom. The molecule has 2 aliphatic heterocycles. The first-order valence-corrected chi connectivity index (χ1v) is 6.11. The summed E-state index contributed by atoms with van der Waals surface area (Å²) in [6.07, 6.45) is 2.40. The van der Waals surface area contributed by atoms with Gasteiger partial charge in [0.2, 0.25) is 0 Å². The molecule has 3 heterocycles. The molecule has 0 radical (unpaired) electrons. The molecule has 16 heavy (non-hydrogen) atoms. The number of nitrogens with zero attached hydrogens (tertiary/aromatic N) is 3. The van der Waals surface area contributed by atoms with Gasteiger partial charge >= 0.3 is 0 Å². The Bertz CT molecular complexity index is 398. The topological polar surface area (TPSA) is 41.1 Å². The molecule has 1 aromatic heterocycles. The van der Waals surface area contributed by atoms with E-state index in [4.69, 9.17) is 0 Å². The first kappa shape index (κ1) is 10.2. The molecule has 2 aliphatic rings. The summed E-state index contributed by atoms with van der Waals surface area (Å²) in [6.45, 7) is 7.42. The van der Waals surface area contributed by atoms with Crippen LogP contribution in [0.2, 0.25) is 0 Å². The number of aromatic nitrogens is 2. The average molecular weight is 218 g/mol. The molecule has 0 saturated carbocycles. The molecule has 0 spiro atoms. The maximum absolute atomic E-state index is 4.68. The fourth-order valence-corrected chi connectivity index (χ4v) is 2.42. The van der Waals surface area contributed by atoms with Crippen molar-refractivity contribution >= 4 is 0 Å². The maximum atomic E-state index is 4.68. The van der Waals surface area contributed by atoms with Crippen LogP contribution in [0.3, 0.4) is 0 Å². The molecule has 1 aromatic rings. The lowest BCUT2D eigenvalue weighted by Crippen LogP contribution is -2.37. The molecule has 0 aromatic carbocycles. The Hall–Kier alpha value is -1.00. The highest BCUT2D eigenvalue weighted by atomic mass is 15.2.